The molecule has 0 spiro atoms. The normalized spacial score (nSPS) is 21.8. The highest BCUT2D eigenvalue weighted by molar-refractivity contribution is 5.80. The molecule has 0 radical (unpaired) electrons. The fourth-order valence-electron chi connectivity index (χ4n) is 7.97. The zero-order chi connectivity index (χ0) is 43.4. The largest absolute Gasteiger partial charge is 0.394 e. The highest BCUT2D eigenvalue weighted by Gasteiger charge is 2.44. The fraction of sp³-hybridized carbons (Fsp3) is 0.938. The molecule has 0 bridgehead atoms. The van der Waals surface area contributed by atoms with Crippen LogP contribution in [0.4, 0.5) is 0 Å². The number of amides is 1. The van der Waals surface area contributed by atoms with Crippen molar-refractivity contribution in [3.8, 4) is 0 Å². The Hall–Kier alpha value is -1.15. The molecule has 1 saturated heterocycles. The number of aliphatic hydroxyl groups excluding tert-OH is 7. The first-order valence-electron chi connectivity index (χ1n) is 24.6. The van der Waals surface area contributed by atoms with Crippen molar-refractivity contribution in [3.63, 3.8) is 0 Å². The molecular weight excluding hydrogens is 751 g/mol. The molecule has 0 aromatic carbocycles. The smallest absolute Gasteiger partial charge is 0.249 e. The Kier molecular flexibility index (Phi) is 36.5. The van der Waals surface area contributed by atoms with E-state index in [1.807, 2.05) is 0 Å². The summed E-state index contributed by atoms with van der Waals surface area (Å²) in [4.78, 5) is 13.1. The standard InChI is InChI=1S/C48H93NO10/c1-3-5-7-9-11-13-15-17-18-19-20-21-22-23-24-26-28-30-32-34-36-41(52)47(57)49-39(38-58-48-46(56)45(55)44(54)42(37-50)59-48)43(53)40(51)35-33-31-29-27-25-16-14-12-10-8-6-4-2/h27,29,39-46,48,50-56H,3-26,28,30-38H2,1-2H3,(H,49,57)/b29-27+/t39-,40-,41-,42-,43-,44-,45+,46-,48-/m1/s1. The van der Waals surface area contributed by atoms with Gasteiger partial charge in [-0.2, -0.15) is 0 Å². The van der Waals surface area contributed by atoms with Crippen molar-refractivity contribution in [1.29, 1.82) is 0 Å². The molecule has 0 saturated carbocycles. The van der Waals surface area contributed by atoms with Gasteiger partial charge in [-0.1, -0.05) is 193 Å². The van der Waals surface area contributed by atoms with E-state index in [-0.39, 0.29) is 12.8 Å². The van der Waals surface area contributed by atoms with Crippen LogP contribution in [0.15, 0.2) is 12.2 Å². The highest BCUT2D eigenvalue weighted by atomic mass is 16.7. The summed E-state index contributed by atoms with van der Waals surface area (Å²) in [6.45, 7) is 3.42. The zero-order valence-corrected chi connectivity index (χ0v) is 37.7. The quantitative estimate of drug-likeness (QED) is 0.0219. The van der Waals surface area contributed by atoms with Gasteiger partial charge in [0.15, 0.2) is 6.29 Å². The molecule has 8 N–H and O–H groups in total. The van der Waals surface area contributed by atoms with E-state index in [1.54, 1.807) is 0 Å². The molecule has 59 heavy (non-hydrogen) atoms. The van der Waals surface area contributed by atoms with Crippen molar-refractivity contribution in [1.82, 2.24) is 5.32 Å². The number of hydrogen-bond acceptors (Lipinski definition) is 10. The zero-order valence-electron chi connectivity index (χ0n) is 37.7. The minimum Gasteiger partial charge on any atom is -0.394 e. The SMILES string of the molecule is CCCCCCCCC/C=C/CCC[C@@H](O)[C@H](O)[C@@H](CO[C@@H]1O[C@H](CO)[C@@H](O)[C@H](O)[C@H]1O)NC(=O)[C@H](O)CCCCCCCCCCCCCCCCCCCCCC. The van der Waals surface area contributed by atoms with Crippen molar-refractivity contribution >= 4 is 5.91 Å². The first kappa shape index (κ1) is 55.9. The molecule has 0 aliphatic carbocycles. The Morgan fingerprint density at radius 1 is 0.576 bits per heavy atom. The molecule has 0 aromatic heterocycles. The topological polar surface area (TPSA) is 189 Å². The van der Waals surface area contributed by atoms with Crippen molar-refractivity contribution in [2.45, 2.75) is 274 Å². The number of aliphatic hydroxyl groups is 7. The molecule has 11 heteroatoms. The molecule has 1 amide bonds. The van der Waals surface area contributed by atoms with Gasteiger partial charge in [-0.05, 0) is 38.5 Å². The Labute approximate surface area is 360 Å². The summed E-state index contributed by atoms with van der Waals surface area (Å²) in [7, 11) is 0. The lowest BCUT2D eigenvalue weighted by molar-refractivity contribution is -0.303. The van der Waals surface area contributed by atoms with Crippen molar-refractivity contribution in [2.24, 2.45) is 0 Å². The number of allylic oxidation sites excluding steroid dienone is 2. The number of nitrogens with one attached hydrogen (secondary N) is 1. The summed E-state index contributed by atoms with van der Waals surface area (Å²) in [6, 6.07) is -1.18. The second-order valence-corrected chi connectivity index (χ2v) is 17.5. The molecule has 350 valence electrons. The molecule has 11 nitrogen and oxygen atoms in total. The monoisotopic (exact) mass is 844 g/mol. The van der Waals surface area contributed by atoms with Gasteiger partial charge in [0.05, 0.1) is 25.4 Å². The Balaban J connectivity index is 2.39. The lowest BCUT2D eigenvalue weighted by Gasteiger charge is -2.40. The van der Waals surface area contributed by atoms with Crippen LogP contribution in [0.2, 0.25) is 0 Å². The number of unbranched alkanes of at least 4 members (excludes halogenated alkanes) is 27. The summed E-state index contributed by atoms with van der Waals surface area (Å²) in [5, 5.41) is 75.6. The van der Waals surface area contributed by atoms with Crippen LogP contribution in [0.5, 0.6) is 0 Å². The third-order valence-corrected chi connectivity index (χ3v) is 12.1. The van der Waals surface area contributed by atoms with Gasteiger partial charge >= 0.3 is 0 Å². The molecule has 1 heterocycles. The average molecular weight is 844 g/mol. The lowest BCUT2D eigenvalue weighted by atomic mass is 9.98. The molecule has 0 aromatic rings. The summed E-state index contributed by atoms with van der Waals surface area (Å²) >= 11 is 0. The Morgan fingerprint density at radius 3 is 1.46 bits per heavy atom. The summed E-state index contributed by atoms with van der Waals surface area (Å²) in [6.07, 6.45) is 29.8. The van der Waals surface area contributed by atoms with Crippen LogP contribution in [0.1, 0.15) is 219 Å². The van der Waals surface area contributed by atoms with E-state index in [2.05, 4.69) is 31.3 Å². The van der Waals surface area contributed by atoms with E-state index in [9.17, 15) is 40.5 Å². The van der Waals surface area contributed by atoms with Crippen LogP contribution in [-0.4, -0.2) is 110 Å². The number of hydrogen-bond donors (Lipinski definition) is 8. The van der Waals surface area contributed by atoms with Gasteiger partial charge < -0.3 is 50.5 Å². The van der Waals surface area contributed by atoms with Gasteiger partial charge in [0, 0.05) is 0 Å². The predicted octanol–water partition coefficient (Wildman–Crippen LogP) is 8.45. The number of ether oxygens (including phenoxy) is 2. The summed E-state index contributed by atoms with van der Waals surface area (Å²) in [5.41, 5.74) is 0. The van der Waals surface area contributed by atoms with Crippen LogP contribution >= 0.6 is 0 Å². The molecular formula is C48H93NO10. The van der Waals surface area contributed by atoms with Crippen LogP contribution in [0, 0.1) is 0 Å². The Morgan fingerprint density at radius 2 is 1.00 bits per heavy atom. The highest BCUT2D eigenvalue weighted by Crippen LogP contribution is 2.23. The first-order valence-corrected chi connectivity index (χ1v) is 24.6. The first-order chi connectivity index (χ1) is 28.7. The van der Waals surface area contributed by atoms with E-state index in [1.165, 1.54) is 141 Å². The third-order valence-electron chi connectivity index (χ3n) is 12.1. The van der Waals surface area contributed by atoms with Gasteiger partial charge in [-0.3, -0.25) is 4.79 Å². The average Bonchev–Trinajstić information content (AvgIpc) is 3.23. The maximum absolute atomic E-state index is 13.1. The summed E-state index contributed by atoms with van der Waals surface area (Å²) in [5.74, 6) is -0.704. The second-order valence-electron chi connectivity index (χ2n) is 17.5. The van der Waals surface area contributed by atoms with Gasteiger partial charge in [0.2, 0.25) is 5.91 Å². The second kappa shape index (κ2) is 38.5. The number of rotatable bonds is 41. The van der Waals surface area contributed by atoms with Crippen LogP contribution in [0.3, 0.4) is 0 Å². The maximum Gasteiger partial charge on any atom is 0.249 e. The summed E-state index contributed by atoms with van der Waals surface area (Å²) < 4.78 is 11.1. The Bertz CT molecular complexity index is 970. The van der Waals surface area contributed by atoms with E-state index in [0.29, 0.717) is 12.8 Å². The van der Waals surface area contributed by atoms with Crippen LogP contribution < -0.4 is 5.32 Å². The van der Waals surface area contributed by atoms with E-state index in [0.717, 1.165) is 38.5 Å². The lowest BCUT2D eigenvalue weighted by Crippen LogP contribution is -2.60. The predicted molar refractivity (Wildman–Crippen MR) is 238 cm³/mol. The molecule has 1 fully saturated rings. The van der Waals surface area contributed by atoms with Crippen molar-refractivity contribution < 1.29 is 50.0 Å². The van der Waals surface area contributed by atoms with Gasteiger partial charge in [0.25, 0.3) is 0 Å². The molecule has 1 aliphatic rings. The van der Waals surface area contributed by atoms with Crippen LogP contribution in [-0.2, 0) is 14.3 Å². The van der Waals surface area contributed by atoms with E-state index >= 15 is 0 Å². The van der Waals surface area contributed by atoms with E-state index in [4.69, 9.17) is 9.47 Å². The van der Waals surface area contributed by atoms with E-state index < -0.39 is 74.2 Å². The van der Waals surface area contributed by atoms with Crippen molar-refractivity contribution in [3.05, 3.63) is 12.2 Å². The minimum atomic E-state index is -1.66. The van der Waals surface area contributed by atoms with Gasteiger partial charge in [-0.25, -0.2) is 0 Å². The maximum atomic E-state index is 13.1. The third kappa shape index (κ3) is 28.2. The van der Waals surface area contributed by atoms with Crippen LogP contribution in [0.25, 0.3) is 0 Å². The molecule has 0 unspecified atom stereocenters. The van der Waals surface area contributed by atoms with Gasteiger partial charge in [0.1, 0.15) is 36.6 Å². The number of carbonyl (C=O) groups is 1. The molecule has 9 atom stereocenters. The fourth-order valence-corrected chi connectivity index (χ4v) is 7.97. The minimum absolute atomic E-state index is 0.259. The molecule has 1 aliphatic heterocycles. The number of carbonyl (C=O) groups excluding carboxylic acids is 1. The van der Waals surface area contributed by atoms with Gasteiger partial charge in [-0.15, -0.1) is 0 Å². The molecule has 1 rings (SSSR count). The van der Waals surface area contributed by atoms with Crippen molar-refractivity contribution in [2.75, 3.05) is 13.2 Å².